The second-order valence-corrected chi connectivity index (χ2v) is 7.31. The van der Waals surface area contributed by atoms with Gasteiger partial charge in [0.1, 0.15) is 22.8 Å². The molecular weight excluding hydrogens is 394 g/mol. The normalized spacial score (nSPS) is 12.7. The van der Waals surface area contributed by atoms with E-state index in [0.717, 1.165) is 52.4 Å². The van der Waals surface area contributed by atoms with Gasteiger partial charge < -0.3 is 20.1 Å². The zero-order valence-electron chi connectivity index (χ0n) is 16.7. The van der Waals surface area contributed by atoms with E-state index < -0.39 is 0 Å². The van der Waals surface area contributed by atoms with Crippen LogP contribution >= 0.6 is 0 Å². The van der Waals surface area contributed by atoms with Crippen LogP contribution in [-0.2, 0) is 6.42 Å². The lowest BCUT2D eigenvalue weighted by molar-refractivity contribution is 0.379. The van der Waals surface area contributed by atoms with Crippen LogP contribution in [0.2, 0.25) is 0 Å². The second kappa shape index (κ2) is 7.28. The van der Waals surface area contributed by atoms with E-state index >= 15 is 0 Å². The molecule has 0 aliphatic heterocycles. The number of hydrogen-bond acceptors (Lipinski definition) is 7. The lowest BCUT2D eigenvalue weighted by Crippen LogP contribution is -2.05. The van der Waals surface area contributed by atoms with Gasteiger partial charge in [-0.1, -0.05) is 36.4 Å². The van der Waals surface area contributed by atoms with Crippen LogP contribution in [0.4, 0.5) is 0 Å². The molecule has 0 amide bonds. The summed E-state index contributed by atoms with van der Waals surface area (Å²) in [5, 5.41) is 32.5. The summed E-state index contributed by atoms with van der Waals surface area (Å²) in [6, 6.07) is 12.5. The quantitative estimate of drug-likeness (QED) is 0.455. The molecule has 5 rings (SSSR count). The third-order valence-electron chi connectivity index (χ3n) is 5.39. The number of ether oxygens (including phenoxy) is 1. The Hall–Kier alpha value is -4.13. The number of benzene rings is 3. The molecule has 7 heteroatoms. The first-order valence-electron chi connectivity index (χ1n) is 9.82. The fourth-order valence-corrected chi connectivity index (χ4v) is 4.01. The van der Waals surface area contributed by atoms with E-state index in [2.05, 4.69) is 33.2 Å². The van der Waals surface area contributed by atoms with Crippen molar-refractivity contribution in [3.63, 3.8) is 0 Å². The van der Waals surface area contributed by atoms with Gasteiger partial charge in [-0.25, -0.2) is 4.98 Å². The van der Waals surface area contributed by atoms with E-state index in [1.165, 1.54) is 7.11 Å². The molecule has 1 aliphatic carbocycles. The number of phenols is 3. The van der Waals surface area contributed by atoms with Gasteiger partial charge in [-0.3, -0.25) is 0 Å². The maximum atomic E-state index is 10.3. The van der Waals surface area contributed by atoms with Crippen molar-refractivity contribution in [1.29, 1.82) is 0 Å². The number of methoxy groups -OCH3 is 1. The topological polar surface area (TPSA) is 109 Å². The van der Waals surface area contributed by atoms with Gasteiger partial charge in [-0.2, -0.15) is 9.97 Å². The summed E-state index contributed by atoms with van der Waals surface area (Å²) in [4.78, 5) is 13.2. The van der Waals surface area contributed by atoms with E-state index in [1.54, 1.807) is 0 Å². The Morgan fingerprint density at radius 3 is 2.42 bits per heavy atom. The molecule has 31 heavy (non-hydrogen) atoms. The van der Waals surface area contributed by atoms with Crippen LogP contribution in [0.5, 0.6) is 23.3 Å². The van der Waals surface area contributed by atoms with Crippen LogP contribution in [0.1, 0.15) is 17.5 Å². The highest BCUT2D eigenvalue weighted by Crippen LogP contribution is 2.40. The van der Waals surface area contributed by atoms with E-state index in [0.29, 0.717) is 5.82 Å². The van der Waals surface area contributed by atoms with Crippen LogP contribution < -0.4 is 4.74 Å². The molecule has 0 atom stereocenters. The number of allylic oxidation sites excluding steroid dienone is 1. The molecule has 0 unspecified atom stereocenters. The second-order valence-electron chi connectivity index (χ2n) is 7.31. The molecule has 4 aromatic rings. The first-order valence-corrected chi connectivity index (χ1v) is 9.82. The molecule has 0 saturated carbocycles. The summed E-state index contributed by atoms with van der Waals surface area (Å²) in [7, 11) is 1.44. The van der Waals surface area contributed by atoms with Crippen LogP contribution in [0.15, 0.2) is 48.5 Å². The zero-order valence-corrected chi connectivity index (χ0v) is 16.7. The summed E-state index contributed by atoms with van der Waals surface area (Å²) in [5.41, 5.74) is 3.10. The van der Waals surface area contributed by atoms with E-state index in [1.807, 2.05) is 24.3 Å². The molecular formula is C24H19N3O4. The van der Waals surface area contributed by atoms with Crippen LogP contribution in [0.25, 0.3) is 39.6 Å². The SMILES string of the molecule is COc1nc(-c2cc3ccccc3c3c2CCC=C3)nc(-c2c(O)cc(O)cc2O)n1. The van der Waals surface area contributed by atoms with Crippen LogP contribution in [0.3, 0.4) is 0 Å². The third kappa shape index (κ3) is 3.20. The van der Waals surface area contributed by atoms with Crippen molar-refractivity contribution in [3.05, 3.63) is 59.7 Å². The fourth-order valence-electron chi connectivity index (χ4n) is 4.01. The van der Waals surface area contributed by atoms with Crippen molar-refractivity contribution in [2.24, 2.45) is 0 Å². The van der Waals surface area contributed by atoms with Gasteiger partial charge in [0.05, 0.1) is 7.11 Å². The van der Waals surface area contributed by atoms with E-state index in [-0.39, 0.29) is 34.6 Å². The highest BCUT2D eigenvalue weighted by molar-refractivity contribution is 5.96. The van der Waals surface area contributed by atoms with Crippen molar-refractivity contribution in [3.8, 4) is 46.0 Å². The molecule has 7 nitrogen and oxygen atoms in total. The number of aromatic hydroxyl groups is 3. The zero-order chi connectivity index (χ0) is 21.5. The molecule has 3 N–H and O–H groups in total. The van der Waals surface area contributed by atoms with Gasteiger partial charge in [0.2, 0.25) is 0 Å². The minimum Gasteiger partial charge on any atom is -0.508 e. The fraction of sp³-hybridized carbons (Fsp3) is 0.125. The number of fused-ring (bicyclic) bond motifs is 3. The van der Waals surface area contributed by atoms with E-state index in [4.69, 9.17) is 4.74 Å². The average molecular weight is 413 g/mol. The summed E-state index contributed by atoms with van der Waals surface area (Å²) < 4.78 is 5.28. The van der Waals surface area contributed by atoms with Gasteiger partial charge >= 0.3 is 6.01 Å². The number of rotatable bonds is 3. The van der Waals surface area contributed by atoms with Gasteiger partial charge in [-0.05, 0) is 40.8 Å². The minimum atomic E-state index is -0.347. The first kappa shape index (κ1) is 18.9. The third-order valence-corrected chi connectivity index (χ3v) is 5.39. The Kier molecular flexibility index (Phi) is 4.43. The number of nitrogens with zero attached hydrogens (tertiary/aromatic N) is 3. The van der Waals surface area contributed by atoms with Crippen molar-refractivity contribution >= 4 is 16.8 Å². The largest absolute Gasteiger partial charge is 0.508 e. The smallest absolute Gasteiger partial charge is 0.320 e. The molecule has 0 spiro atoms. The molecule has 0 radical (unpaired) electrons. The minimum absolute atomic E-state index is 0.00528. The van der Waals surface area contributed by atoms with Gasteiger partial charge in [0, 0.05) is 17.7 Å². The Labute approximate surface area is 178 Å². The Balaban J connectivity index is 1.79. The van der Waals surface area contributed by atoms with Gasteiger partial charge in [-0.15, -0.1) is 0 Å². The molecule has 1 heterocycles. The molecule has 1 aliphatic rings. The monoisotopic (exact) mass is 413 g/mol. The van der Waals surface area contributed by atoms with Crippen molar-refractivity contribution in [2.45, 2.75) is 12.8 Å². The molecule has 154 valence electrons. The molecule has 1 aromatic heterocycles. The maximum Gasteiger partial charge on any atom is 0.320 e. The number of phenolic OH excluding ortho intramolecular Hbond substituents is 3. The summed E-state index contributed by atoms with van der Waals surface area (Å²) in [5.74, 6) is -0.535. The maximum absolute atomic E-state index is 10.3. The summed E-state index contributed by atoms with van der Waals surface area (Å²) >= 11 is 0. The Morgan fingerprint density at radius 2 is 1.65 bits per heavy atom. The van der Waals surface area contributed by atoms with Gasteiger partial charge in [0.15, 0.2) is 11.6 Å². The average Bonchev–Trinajstić information content (AvgIpc) is 2.77. The van der Waals surface area contributed by atoms with Crippen LogP contribution in [0, 0.1) is 0 Å². The molecule has 0 bridgehead atoms. The molecule has 0 saturated heterocycles. The summed E-state index contributed by atoms with van der Waals surface area (Å²) in [6.07, 6.45) is 6.03. The van der Waals surface area contributed by atoms with Crippen molar-refractivity contribution in [1.82, 2.24) is 15.0 Å². The summed E-state index contributed by atoms with van der Waals surface area (Å²) in [6.45, 7) is 0. The Bertz CT molecular complexity index is 1340. The predicted octanol–water partition coefficient (Wildman–Crippen LogP) is 4.44. The van der Waals surface area contributed by atoms with Crippen molar-refractivity contribution in [2.75, 3.05) is 7.11 Å². The van der Waals surface area contributed by atoms with Crippen LogP contribution in [-0.4, -0.2) is 37.4 Å². The number of hydrogen-bond donors (Lipinski definition) is 3. The Morgan fingerprint density at radius 1 is 0.903 bits per heavy atom. The van der Waals surface area contributed by atoms with Gasteiger partial charge in [0.25, 0.3) is 0 Å². The highest BCUT2D eigenvalue weighted by atomic mass is 16.5. The lowest BCUT2D eigenvalue weighted by atomic mass is 9.88. The predicted molar refractivity (Wildman–Crippen MR) is 117 cm³/mol. The molecule has 0 fully saturated rings. The van der Waals surface area contributed by atoms with Crippen molar-refractivity contribution < 1.29 is 20.1 Å². The highest BCUT2D eigenvalue weighted by Gasteiger charge is 2.22. The standard InChI is InChI=1S/C24H19N3O4/c1-31-24-26-22(25-23(27-24)21-19(29)11-14(28)12-20(21)30)18-10-13-6-2-3-7-15(13)16-8-4-5-9-17(16)18/h2-4,6-8,10-12,28-30H,5,9H2,1H3. The lowest BCUT2D eigenvalue weighted by Gasteiger charge is -2.18. The molecule has 3 aromatic carbocycles. The first-order chi connectivity index (χ1) is 15.0. The van der Waals surface area contributed by atoms with E-state index in [9.17, 15) is 15.3 Å². The number of aromatic nitrogens is 3.